The highest BCUT2D eigenvalue weighted by Gasteiger charge is 2.03. The molecule has 0 heterocycles. The summed E-state index contributed by atoms with van der Waals surface area (Å²) in [4.78, 5) is 0.315. The van der Waals surface area contributed by atoms with E-state index < -0.39 is 5.82 Å². The Morgan fingerprint density at radius 3 is 2.74 bits per heavy atom. The molecule has 2 N–H and O–H groups in total. The molecule has 0 saturated heterocycles. The minimum Gasteiger partial charge on any atom is -0.489 e. The minimum atomic E-state index is -0.444. The van der Waals surface area contributed by atoms with Crippen LogP contribution in [0.3, 0.4) is 0 Å². The Hall–Kier alpha value is -1.65. The summed E-state index contributed by atoms with van der Waals surface area (Å²) in [6, 6.07) is 11.6. The first kappa shape index (κ1) is 13.8. The fourth-order valence-corrected chi connectivity index (χ4v) is 1.87. The van der Waals surface area contributed by atoms with Crippen molar-refractivity contribution < 1.29 is 9.13 Å². The van der Waals surface area contributed by atoms with Crippen LogP contribution in [0.5, 0.6) is 5.75 Å². The molecule has 0 atom stereocenters. The maximum Gasteiger partial charge on any atom is 0.141 e. The lowest BCUT2D eigenvalue weighted by molar-refractivity contribution is 0.306. The van der Waals surface area contributed by atoms with Crippen LogP contribution >= 0.6 is 23.8 Å². The summed E-state index contributed by atoms with van der Waals surface area (Å²) in [5.41, 5.74) is 7.07. The lowest BCUT2D eigenvalue weighted by Crippen LogP contribution is -2.09. The SMILES string of the molecule is NC(=S)c1cccc(OCc2ccc(F)c(Cl)c2)c1. The number of benzene rings is 2. The third-order valence-electron chi connectivity index (χ3n) is 2.51. The molecule has 2 rings (SSSR count). The molecular formula is C14H11ClFNOS. The largest absolute Gasteiger partial charge is 0.489 e. The van der Waals surface area contributed by atoms with Gasteiger partial charge in [-0.1, -0.05) is 42.0 Å². The van der Waals surface area contributed by atoms with E-state index in [1.807, 2.05) is 12.1 Å². The van der Waals surface area contributed by atoms with Crippen LogP contribution in [0.2, 0.25) is 5.02 Å². The molecule has 0 fully saturated rings. The predicted molar refractivity (Wildman–Crippen MR) is 78.1 cm³/mol. The van der Waals surface area contributed by atoms with Gasteiger partial charge in [0.25, 0.3) is 0 Å². The molecule has 0 aliphatic carbocycles. The smallest absolute Gasteiger partial charge is 0.141 e. The quantitative estimate of drug-likeness (QED) is 0.874. The fraction of sp³-hybridized carbons (Fsp3) is 0.0714. The average molecular weight is 296 g/mol. The van der Waals surface area contributed by atoms with Crippen molar-refractivity contribution in [2.45, 2.75) is 6.61 Å². The van der Waals surface area contributed by atoms with Crippen molar-refractivity contribution in [3.63, 3.8) is 0 Å². The Morgan fingerprint density at radius 1 is 1.26 bits per heavy atom. The lowest BCUT2D eigenvalue weighted by atomic mass is 10.2. The predicted octanol–water partition coefficient (Wildman–Crippen LogP) is 3.69. The second-order valence-electron chi connectivity index (χ2n) is 3.93. The van der Waals surface area contributed by atoms with E-state index >= 15 is 0 Å². The standard InChI is InChI=1S/C14H11ClFNOS/c15-12-6-9(4-5-13(12)16)8-18-11-3-1-2-10(7-11)14(17)19/h1-7H,8H2,(H2,17,19). The molecule has 0 aromatic heterocycles. The van der Waals surface area contributed by atoms with Gasteiger partial charge in [0.15, 0.2) is 0 Å². The van der Waals surface area contributed by atoms with Crippen LogP contribution in [0.4, 0.5) is 4.39 Å². The number of halogens is 2. The average Bonchev–Trinajstić information content (AvgIpc) is 2.40. The van der Waals surface area contributed by atoms with Crippen molar-refractivity contribution in [3.8, 4) is 5.75 Å². The normalized spacial score (nSPS) is 10.2. The molecule has 2 nitrogen and oxygen atoms in total. The first-order chi connectivity index (χ1) is 9.06. The molecule has 0 unspecified atom stereocenters. The minimum absolute atomic E-state index is 0.0815. The van der Waals surface area contributed by atoms with E-state index in [0.717, 1.165) is 11.1 Å². The monoisotopic (exact) mass is 295 g/mol. The van der Waals surface area contributed by atoms with Gasteiger partial charge in [-0.05, 0) is 29.8 Å². The van der Waals surface area contributed by atoms with Gasteiger partial charge in [0.1, 0.15) is 23.2 Å². The Kier molecular flexibility index (Phi) is 4.35. The lowest BCUT2D eigenvalue weighted by Gasteiger charge is -2.08. The maximum absolute atomic E-state index is 13.0. The second-order valence-corrected chi connectivity index (χ2v) is 4.78. The van der Waals surface area contributed by atoms with Crippen LogP contribution < -0.4 is 10.5 Å². The molecule has 5 heteroatoms. The Labute approximate surface area is 120 Å². The third kappa shape index (κ3) is 3.66. The number of rotatable bonds is 4. The van der Waals surface area contributed by atoms with E-state index in [4.69, 9.17) is 34.3 Å². The molecule has 19 heavy (non-hydrogen) atoms. The number of hydrogen-bond donors (Lipinski definition) is 1. The van der Waals surface area contributed by atoms with Gasteiger partial charge in [-0.25, -0.2) is 4.39 Å². The van der Waals surface area contributed by atoms with Gasteiger partial charge >= 0.3 is 0 Å². The van der Waals surface area contributed by atoms with E-state index in [9.17, 15) is 4.39 Å². The Bertz CT molecular complexity index is 618. The summed E-state index contributed by atoms with van der Waals surface area (Å²) in [5, 5.41) is 0.0815. The topological polar surface area (TPSA) is 35.2 Å². The first-order valence-electron chi connectivity index (χ1n) is 5.53. The number of thiocarbonyl (C=S) groups is 1. The highest BCUT2D eigenvalue weighted by atomic mass is 35.5. The van der Waals surface area contributed by atoms with Crippen molar-refractivity contribution in [2.24, 2.45) is 5.73 Å². The van der Waals surface area contributed by atoms with Gasteiger partial charge in [-0.2, -0.15) is 0 Å². The molecule has 0 aliphatic rings. The second kappa shape index (κ2) is 5.99. The van der Waals surface area contributed by atoms with E-state index in [2.05, 4.69) is 0 Å². The van der Waals surface area contributed by atoms with E-state index in [1.54, 1.807) is 18.2 Å². The zero-order valence-corrected chi connectivity index (χ0v) is 11.5. The number of ether oxygens (including phenoxy) is 1. The summed E-state index contributed by atoms with van der Waals surface area (Å²) in [6.45, 7) is 0.292. The zero-order chi connectivity index (χ0) is 13.8. The van der Waals surface area contributed by atoms with Crippen LogP contribution in [-0.4, -0.2) is 4.99 Å². The van der Waals surface area contributed by atoms with E-state index in [-0.39, 0.29) is 5.02 Å². The molecule has 2 aromatic rings. The zero-order valence-electron chi connectivity index (χ0n) is 9.90. The first-order valence-corrected chi connectivity index (χ1v) is 6.31. The maximum atomic E-state index is 13.0. The molecule has 0 radical (unpaired) electrons. The van der Waals surface area contributed by atoms with Gasteiger partial charge < -0.3 is 10.5 Å². The van der Waals surface area contributed by atoms with Crippen LogP contribution in [0.15, 0.2) is 42.5 Å². The Balaban J connectivity index is 2.07. The third-order valence-corrected chi connectivity index (χ3v) is 3.03. The van der Waals surface area contributed by atoms with Crippen LogP contribution in [0.1, 0.15) is 11.1 Å². The molecule has 0 spiro atoms. The fourth-order valence-electron chi connectivity index (χ4n) is 1.54. The molecule has 0 amide bonds. The summed E-state index contributed by atoms with van der Waals surface area (Å²) in [5.74, 6) is 0.201. The highest BCUT2D eigenvalue weighted by molar-refractivity contribution is 7.80. The number of hydrogen-bond acceptors (Lipinski definition) is 2. The van der Waals surface area contributed by atoms with E-state index in [1.165, 1.54) is 12.1 Å². The summed E-state index contributed by atoms with van der Waals surface area (Å²) >= 11 is 10.6. The molecule has 98 valence electrons. The molecule has 2 aromatic carbocycles. The summed E-state index contributed by atoms with van der Waals surface area (Å²) < 4.78 is 18.6. The van der Waals surface area contributed by atoms with Crippen molar-refractivity contribution in [2.75, 3.05) is 0 Å². The summed E-state index contributed by atoms with van der Waals surface area (Å²) in [6.07, 6.45) is 0. The van der Waals surface area contributed by atoms with Gasteiger partial charge in [0.05, 0.1) is 5.02 Å². The van der Waals surface area contributed by atoms with Crippen molar-refractivity contribution >= 4 is 28.8 Å². The highest BCUT2D eigenvalue weighted by Crippen LogP contribution is 2.19. The van der Waals surface area contributed by atoms with Gasteiger partial charge in [0.2, 0.25) is 0 Å². The van der Waals surface area contributed by atoms with Gasteiger partial charge in [0, 0.05) is 5.56 Å². The van der Waals surface area contributed by atoms with Crippen LogP contribution in [0.25, 0.3) is 0 Å². The molecule has 0 saturated carbocycles. The summed E-state index contributed by atoms with van der Waals surface area (Å²) in [7, 11) is 0. The van der Waals surface area contributed by atoms with Gasteiger partial charge in [-0.3, -0.25) is 0 Å². The van der Waals surface area contributed by atoms with Crippen LogP contribution in [-0.2, 0) is 6.61 Å². The van der Waals surface area contributed by atoms with Crippen molar-refractivity contribution in [1.29, 1.82) is 0 Å². The Morgan fingerprint density at radius 2 is 2.05 bits per heavy atom. The molecule has 0 bridgehead atoms. The molecule has 0 aliphatic heterocycles. The van der Waals surface area contributed by atoms with Gasteiger partial charge in [-0.15, -0.1) is 0 Å². The van der Waals surface area contributed by atoms with Crippen LogP contribution in [0, 0.1) is 5.82 Å². The van der Waals surface area contributed by atoms with E-state index in [0.29, 0.717) is 17.3 Å². The number of nitrogens with two attached hydrogens (primary N) is 1. The molecular weight excluding hydrogens is 285 g/mol. The van der Waals surface area contributed by atoms with Crippen molar-refractivity contribution in [1.82, 2.24) is 0 Å². The van der Waals surface area contributed by atoms with Crippen molar-refractivity contribution in [3.05, 3.63) is 64.4 Å².